The molecule has 0 aromatic carbocycles. The predicted octanol–water partition coefficient (Wildman–Crippen LogP) is 0.985. The molecule has 0 unspecified atom stereocenters. The van der Waals surface area contributed by atoms with Crippen LogP contribution in [0, 0.1) is 0 Å². The maximum atomic E-state index is 10.8. The van der Waals surface area contributed by atoms with E-state index in [-0.39, 0.29) is 5.76 Å². The van der Waals surface area contributed by atoms with E-state index in [9.17, 15) is 4.79 Å². The number of ether oxygens (including phenoxy) is 2. The molecule has 0 radical (unpaired) electrons. The molecule has 0 bridgehead atoms. The van der Waals surface area contributed by atoms with Crippen molar-refractivity contribution in [3.63, 3.8) is 0 Å². The van der Waals surface area contributed by atoms with Crippen molar-refractivity contribution in [2.24, 2.45) is 0 Å². The summed E-state index contributed by atoms with van der Waals surface area (Å²) in [6.07, 6.45) is 1.33. The molecule has 0 spiro atoms. The lowest BCUT2D eigenvalue weighted by atomic mass is 10.5. The Bertz CT molecular complexity index is 151. The second-order valence-electron chi connectivity index (χ2n) is 1.83. The first kappa shape index (κ1) is 9.81. The van der Waals surface area contributed by atoms with Crippen molar-refractivity contribution >= 4 is 5.97 Å². The zero-order valence-electron chi connectivity index (χ0n) is 6.66. The summed E-state index contributed by atoms with van der Waals surface area (Å²) in [6, 6.07) is 0. The van der Waals surface area contributed by atoms with Crippen LogP contribution in [0.4, 0.5) is 0 Å². The van der Waals surface area contributed by atoms with Crippen molar-refractivity contribution in [1.29, 1.82) is 0 Å². The lowest BCUT2D eigenvalue weighted by Gasteiger charge is -2.03. The predicted molar refractivity (Wildman–Crippen MR) is 39.0 cm³/mol. The van der Waals surface area contributed by atoms with Crippen LogP contribution in [0.3, 0.4) is 0 Å². The van der Waals surface area contributed by atoms with Gasteiger partial charge in [0.05, 0.1) is 13.7 Å². The Hall–Kier alpha value is -1.19. The standard InChI is InChI=1S/C7H12O4/c1-3-4-11-7(9)6(5-8)10-2/h5,8H,3-4H2,1-2H3. The molecule has 0 aliphatic carbocycles. The number of methoxy groups -OCH3 is 1. The van der Waals surface area contributed by atoms with Gasteiger partial charge in [0.2, 0.25) is 5.76 Å². The Labute approximate surface area is 65.4 Å². The fourth-order valence-corrected chi connectivity index (χ4v) is 0.455. The fraction of sp³-hybridized carbons (Fsp3) is 0.571. The molecule has 64 valence electrons. The largest absolute Gasteiger partial charge is 0.511 e. The summed E-state index contributed by atoms with van der Waals surface area (Å²) >= 11 is 0. The van der Waals surface area contributed by atoms with Crippen LogP contribution < -0.4 is 0 Å². The van der Waals surface area contributed by atoms with E-state index in [0.29, 0.717) is 12.9 Å². The number of aliphatic hydroxyl groups excluding tert-OH is 1. The van der Waals surface area contributed by atoms with Gasteiger partial charge in [-0.3, -0.25) is 0 Å². The molecule has 4 nitrogen and oxygen atoms in total. The van der Waals surface area contributed by atoms with Crippen molar-refractivity contribution < 1.29 is 19.4 Å². The number of aliphatic hydroxyl groups is 1. The minimum Gasteiger partial charge on any atom is -0.511 e. The van der Waals surface area contributed by atoms with E-state index in [1.165, 1.54) is 7.11 Å². The maximum absolute atomic E-state index is 10.8. The lowest BCUT2D eigenvalue weighted by Crippen LogP contribution is -2.09. The molecule has 0 atom stereocenters. The van der Waals surface area contributed by atoms with Gasteiger partial charge in [-0.2, -0.15) is 0 Å². The van der Waals surface area contributed by atoms with Gasteiger partial charge in [0.15, 0.2) is 0 Å². The molecular weight excluding hydrogens is 148 g/mol. The van der Waals surface area contributed by atoms with Crippen LogP contribution in [0.15, 0.2) is 12.0 Å². The summed E-state index contributed by atoms with van der Waals surface area (Å²) < 4.78 is 9.14. The summed E-state index contributed by atoms with van der Waals surface area (Å²) in [5, 5.41) is 8.41. The first-order chi connectivity index (χ1) is 5.26. The summed E-state index contributed by atoms with van der Waals surface area (Å²) in [4.78, 5) is 10.8. The van der Waals surface area contributed by atoms with E-state index >= 15 is 0 Å². The van der Waals surface area contributed by atoms with Gasteiger partial charge in [-0.25, -0.2) is 4.79 Å². The Morgan fingerprint density at radius 3 is 2.64 bits per heavy atom. The van der Waals surface area contributed by atoms with Crippen molar-refractivity contribution in [3.8, 4) is 0 Å². The van der Waals surface area contributed by atoms with E-state index < -0.39 is 5.97 Å². The molecule has 11 heavy (non-hydrogen) atoms. The van der Waals surface area contributed by atoms with Crippen LogP contribution >= 0.6 is 0 Å². The quantitative estimate of drug-likeness (QED) is 0.378. The molecule has 0 aromatic heterocycles. The Morgan fingerprint density at radius 2 is 2.27 bits per heavy atom. The highest BCUT2D eigenvalue weighted by Gasteiger charge is 2.09. The minimum atomic E-state index is -0.642. The summed E-state index contributed by atoms with van der Waals surface area (Å²) in [5.74, 6) is -0.824. The second kappa shape index (κ2) is 5.58. The molecular formula is C7H12O4. The summed E-state index contributed by atoms with van der Waals surface area (Å²) in [6.45, 7) is 2.21. The Kier molecular flexibility index (Phi) is 4.98. The number of rotatable bonds is 4. The fourth-order valence-electron chi connectivity index (χ4n) is 0.455. The van der Waals surface area contributed by atoms with E-state index in [4.69, 9.17) is 5.11 Å². The Morgan fingerprint density at radius 1 is 1.64 bits per heavy atom. The van der Waals surface area contributed by atoms with Crippen LogP contribution in [0.25, 0.3) is 0 Å². The Balaban J connectivity index is 3.81. The molecule has 0 amide bonds. The van der Waals surface area contributed by atoms with Gasteiger partial charge in [-0.15, -0.1) is 0 Å². The second-order valence-corrected chi connectivity index (χ2v) is 1.83. The number of esters is 1. The molecule has 0 heterocycles. The topological polar surface area (TPSA) is 55.8 Å². The van der Waals surface area contributed by atoms with Gasteiger partial charge in [0.1, 0.15) is 6.26 Å². The van der Waals surface area contributed by atoms with Crippen LogP contribution in [0.5, 0.6) is 0 Å². The maximum Gasteiger partial charge on any atom is 0.376 e. The highest BCUT2D eigenvalue weighted by atomic mass is 16.6. The minimum absolute atomic E-state index is 0.182. The van der Waals surface area contributed by atoms with Gasteiger partial charge in [-0.05, 0) is 6.42 Å². The molecule has 0 saturated heterocycles. The zero-order chi connectivity index (χ0) is 8.69. The third-order valence-corrected chi connectivity index (χ3v) is 0.976. The van der Waals surface area contributed by atoms with Gasteiger partial charge >= 0.3 is 5.97 Å². The number of carbonyl (C=O) groups excluding carboxylic acids is 1. The monoisotopic (exact) mass is 160 g/mol. The van der Waals surface area contributed by atoms with E-state index in [0.717, 1.165) is 6.42 Å². The number of hydrogen-bond donors (Lipinski definition) is 1. The van der Waals surface area contributed by atoms with Crippen molar-refractivity contribution in [1.82, 2.24) is 0 Å². The first-order valence-electron chi connectivity index (χ1n) is 3.31. The lowest BCUT2D eigenvalue weighted by molar-refractivity contribution is -0.142. The molecule has 0 rings (SSSR count). The third kappa shape index (κ3) is 3.50. The normalized spacial score (nSPS) is 10.9. The average molecular weight is 160 g/mol. The zero-order valence-corrected chi connectivity index (χ0v) is 6.66. The van der Waals surface area contributed by atoms with E-state index in [1.54, 1.807) is 0 Å². The molecule has 1 N–H and O–H groups in total. The highest BCUT2D eigenvalue weighted by molar-refractivity contribution is 5.85. The SMILES string of the molecule is CCCOC(=O)C(=CO)OC. The van der Waals surface area contributed by atoms with Gasteiger partial charge in [0, 0.05) is 0 Å². The molecule has 0 aliphatic rings. The van der Waals surface area contributed by atoms with Crippen LogP contribution in [0.2, 0.25) is 0 Å². The summed E-state index contributed by atoms with van der Waals surface area (Å²) in [5.41, 5.74) is 0. The molecule has 0 fully saturated rings. The van der Waals surface area contributed by atoms with Crippen molar-refractivity contribution in [2.75, 3.05) is 13.7 Å². The average Bonchev–Trinajstić information content (AvgIpc) is 2.03. The number of hydrogen-bond acceptors (Lipinski definition) is 4. The number of carbonyl (C=O) groups is 1. The van der Waals surface area contributed by atoms with Crippen LogP contribution in [0.1, 0.15) is 13.3 Å². The first-order valence-corrected chi connectivity index (χ1v) is 3.31. The van der Waals surface area contributed by atoms with E-state index in [1.807, 2.05) is 6.92 Å². The van der Waals surface area contributed by atoms with Gasteiger partial charge in [0.25, 0.3) is 0 Å². The van der Waals surface area contributed by atoms with Gasteiger partial charge in [-0.1, -0.05) is 6.92 Å². The van der Waals surface area contributed by atoms with E-state index in [2.05, 4.69) is 9.47 Å². The van der Waals surface area contributed by atoms with Crippen LogP contribution in [-0.4, -0.2) is 24.8 Å². The van der Waals surface area contributed by atoms with Crippen molar-refractivity contribution in [3.05, 3.63) is 12.0 Å². The smallest absolute Gasteiger partial charge is 0.376 e. The molecule has 0 aromatic rings. The third-order valence-electron chi connectivity index (χ3n) is 0.976. The molecule has 0 aliphatic heterocycles. The van der Waals surface area contributed by atoms with Crippen molar-refractivity contribution in [2.45, 2.75) is 13.3 Å². The molecule has 0 saturated carbocycles. The van der Waals surface area contributed by atoms with Crippen LogP contribution in [-0.2, 0) is 14.3 Å². The highest BCUT2D eigenvalue weighted by Crippen LogP contribution is 1.97. The summed E-state index contributed by atoms with van der Waals surface area (Å²) in [7, 11) is 1.29. The molecule has 4 heteroatoms. The van der Waals surface area contributed by atoms with Gasteiger partial charge < -0.3 is 14.6 Å².